The Hall–Kier alpha value is -4.09. The SMILES string of the molecule is Cc1ccc(C(F)(F)F)cc1C(=O)N[C@@H](C(=O)N1CCC2(CC1)CN(C)C(=O)N2c1ccc(C(=O)O)cc1)C(C)C. The molecule has 0 radical (unpaired) electrons. The summed E-state index contributed by atoms with van der Waals surface area (Å²) < 4.78 is 39.7. The van der Waals surface area contributed by atoms with Crippen molar-refractivity contribution in [2.75, 3.05) is 31.6 Å². The van der Waals surface area contributed by atoms with Crippen molar-refractivity contribution in [1.29, 1.82) is 0 Å². The van der Waals surface area contributed by atoms with Crippen LogP contribution in [0, 0.1) is 12.8 Å². The van der Waals surface area contributed by atoms with Gasteiger partial charge in [0, 0.05) is 37.9 Å². The summed E-state index contributed by atoms with van der Waals surface area (Å²) in [4.78, 5) is 55.9. The molecular weight excluding hydrogens is 541 g/mol. The molecule has 2 saturated heterocycles. The quantitative estimate of drug-likeness (QED) is 0.532. The monoisotopic (exact) mass is 574 g/mol. The third-order valence-electron chi connectivity index (χ3n) is 7.93. The maximum Gasteiger partial charge on any atom is 0.416 e. The summed E-state index contributed by atoms with van der Waals surface area (Å²) in [6.07, 6.45) is -3.72. The van der Waals surface area contributed by atoms with Crippen molar-refractivity contribution in [3.8, 4) is 0 Å². The zero-order valence-electron chi connectivity index (χ0n) is 23.3. The minimum atomic E-state index is -4.61. The molecular formula is C29H33F3N4O5. The molecule has 0 saturated carbocycles. The van der Waals surface area contributed by atoms with Gasteiger partial charge >= 0.3 is 18.2 Å². The number of aromatic carboxylic acids is 1. The second-order valence-corrected chi connectivity index (χ2v) is 11.1. The number of hydrogen-bond donors (Lipinski definition) is 2. The second kappa shape index (κ2) is 11.1. The molecule has 220 valence electrons. The number of likely N-dealkylation sites (tertiary alicyclic amines) is 1. The number of carbonyl (C=O) groups excluding carboxylic acids is 3. The van der Waals surface area contributed by atoms with E-state index in [1.54, 1.807) is 47.7 Å². The highest BCUT2D eigenvalue weighted by Crippen LogP contribution is 2.39. The predicted octanol–water partition coefficient (Wildman–Crippen LogP) is 4.40. The van der Waals surface area contributed by atoms with Gasteiger partial charge in [0.05, 0.1) is 16.7 Å². The summed E-state index contributed by atoms with van der Waals surface area (Å²) in [6, 6.07) is 7.83. The van der Waals surface area contributed by atoms with Crippen LogP contribution in [-0.4, -0.2) is 77.0 Å². The standard InChI is InChI=1S/C29H33F3N4O5/c1-17(2)23(33-24(37)22-15-20(29(30,31)32)8-5-18(22)3)25(38)35-13-11-28(12-14-35)16-34(4)27(41)36(28)21-9-6-19(7-10-21)26(39)40/h5-10,15,17,23H,11-14,16H2,1-4H3,(H,33,37)(H,39,40)/t23-/m1/s1. The maximum absolute atomic E-state index is 13.6. The Morgan fingerprint density at radius 1 is 1.02 bits per heavy atom. The van der Waals surface area contributed by atoms with Gasteiger partial charge in [-0.2, -0.15) is 13.2 Å². The highest BCUT2D eigenvalue weighted by Gasteiger charge is 2.51. The van der Waals surface area contributed by atoms with Gasteiger partial charge in [0.1, 0.15) is 6.04 Å². The molecule has 2 aromatic carbocycles. The van der Waals surface area contributed by atoms with Crippen molar-refractivity contribution in [3.05, 3.63) is 64.7 Å². The highest BCUT2D eigenvalue weighted by atomic mass is 19.4. The zero-order chi connectivity index (χ0) is 30.3. The lowest BCUT2D eigenvalue weighted by Crippen LogP contribution is -2.59. The van der Waals surface area contributed by atoms with Crippen LogP contribution in [-0.2, 0) is 11.0 Å². The van der Waals surface area contributed by atoms with Crippen molar-refractivity contribution in [2.45, 2.75) is 51.4 Å². The number of nitrogens with zero attached hydrogens (tertiary/aromatic N) is 3. The number of nitrogens with one attached hydrogen (secondary N) is 1. The molecule has 4 amide bonds. The first-order valence-corrected chi connectivity index (χ1v) is 13.3. The molecule has 1 spiro atoms. The van der Waals surface area contributed by atoms with Crippen molar-refractivity contribution >= 4 is 29.5 Å². The van der Waals surface area contributed by atoms with E-state index in [2.05, 4.69) is 5.32 Å². The average Bonchev–Trinajstić information content (AvgIpc) is 3.15. The molecule has 0 unspecified atom stereocenters. The summed E-state index contributed by atoms with van der Waals surface area (Å²) >= 11 is 0. The van der Waals surface area contributed by atoms with Gasteiger partial charge in [-0.05, 0) is 67.6 Å². The molecule has 0 aromatic heterocycles. The number of carboxylic acids is 1. The van der Waals surface area contributed by atoms with Crippen molar-refractivity contribution in [3.63, 3.8) is 0 Å². The van der Waals surface area contributed by atoms with Gasteiger partial charge in [-0.25, -0.2) is 9.59 Å². The van der Waals surface area contributed by atoms with Crippen LogP contribution in [0.2, 0.25) is 0 Å². The first kappa shape index (κ1) is 29.9. The molecule has 41 heavy (non-hydrogen) atoms. The lowest BCUT2D eigenvalue weighted by atomic mass is 9.85. The van der Waals surface area contributed by atoms with E-state index >= 15 is 0 Å². The number of amides is 4. The summed E-state index contributed by atoms with van der Waals surface area (Å²) in [5.41, 5.74) is -0.678. The summed E-state index contributed by atoms with van der Waals surface area (Å²) in [7, 11) is 1.69. The van der Waals surface area contributed by atoms with Crippen LogP contribution in [0.5, 0.6) is 0 Å². The number of carboxylic acid groups (broad SMARTS) is 1. The van der Waals surface area contributed by atoms with Crippen LogP contribution < -0.4 is 10.2 Å². The van der Waals surface area contributed by atoms with Gasteiger partial charge < -0.3 is 20.2 Å². The molecule has 2 aliphatic rings. The number of urea groups is 1. The van der Waals surface area contributed by atoms with Crippen molar-refractivity contribution in [2.24, 2.45) is 5.92 Å². The first-order chi connectivity index (χ1) is 19.1. The molecule has 2 heterocycles. The van der Waals surface area contributed by atoms with Crippen LogP contribution in [0.1, 0.15) is 58.5 Å². The second-order valence-electron chi connectivity index (χ2n) is 11.1. The normalized spacial score (nSPS) is 17.8. The fraction of sp³-hybridized carbons (Fsp3) is 0.448. The predicted molar refractivity (Wildman–Crippen MR) is 145 cm³/mol. The van der Waals surface area contributed by atoms with E-state index in [-0.39, 0.29) is 29.0 Å². The Labute approximate surface area is 235 Å². The molecule has 2 aliphatic heterocycles. The number of hydrogen-bond acceptors (Lipinski definition) is 4. The number of likely N-dealkylation sites (N-methyl/N-ethyl adjacent to an activating group) is 1. The number of alkyl halides is 3. The number of halogens is 3. The van der Waals surface area contributed by atoms with Crippen LogP contribution in [0.4, 0.5) is 23.7 Å². The summed E-state index contributed by atoms with van der Waals surface area (Å²) in [6.45, 7) is 6.05. The van der Waals surface area contributed by atoms with Gasteiger partial charge in [0.2, 0.25) is 5.91 Å². The molecule has 2 N–H and O–H groups in total. The van der Waals surface area contributed by atoms with Gasteiger partial charge in [0.25, 0.3) is 5.91 Å². The third-order valence-corrected chi connectivity index (χ3v) is 7.93. The molecule has 4 rings (SSSR count). The average molecular weight is 575 g/mol. The molecule has 0 aliphatic carbocycles. The minimum Gasteiger partial charge on any atom is -0.478 e. The van der Waals surface area contributed by atoms with Gasteiger partial charge in [-0.15, -0.1) is 0 Å². The van der Waals surface area contributed by atoms with E-state index in [0.717, 1.165) is 12.1 Å². The maximum atomic E-state index is 13.6. The first-order valence-electron chi connectivity index (χ1n) is 13.3. The highest BCUT2D eigenvalue weighted by molar-refractivity contribution is 5.99. The number of piperidine rings is 1. The summed E-state index contributed by atoms with van der Waals surface area (Å²) in [5.74, 6) is -2.51. The van der Waals surface area contributed by atoms with E-state index in [9.17, 15) is 37.5 Å². The Bertz CT molecular complexity index is 1350. The van der Waals surface area contributed by atoms with E-state index in [0.29, 0.717) is 43.7 Å². The fourth-order valence-corrected chi connectivity index (χ4v) is 5.59. The van der Waals surface area contributed by atoms with Gasteiger partial charge in [-0.1, -0.05) is 19.9 Å². The smallest absolute Gasteiger partial charge is 0.416 e. The van der Waals surface area contributed by atoms with Crippen LogP contribution in [0.15, 0.2) is 42.5 Å². The molecule has 12 heteroatoms. The van der Waals surface area contributed by atoms with E-state index in [4.69, 9.17) is 0 Å². The Kier molecular flexibility index (Phi) is 8.06. The molecule has 2 aromatic rings. The van der Waals surface area contributed by atoms with Gasteiger partial charge in [0.15, 0.2) is 0 Å². The van der Waals surface area contributed by atoms with Crippen LogP contribution >= 0.6 is 0 Å². The lowest BCUT2D eigenvalue weighted by molar-refractivity contribution is -0.138. The third kappa shape index (κ3) is 5.86. The zero-order valence-corrected chi connectivity index (χ0v) is 23.3. The number of benzene rings is 2. The van der Waals surface area contributed by atoms with E-state index < -0.39 is 35.2 Å². The number of rotatable bonds is 6. The number of anilines is 1. The molecule has 9 nitrogen and oxygen atoms in total. The van der Waals surface area contributed by atoms with E-state index in [1.165, 1.54) is 25.1 Å². The minimum absolute atomic E-state index is 0.102. The van der Waals surface area contributed by atoms with Gasteiger partial charge in [-0.3, -0.25) is 14.5 Å². The lowest BCUT2D eigenvalue weighted by Gasteiger charge is -2.44. The molecule has 1 atom stereocenters. The Balaban J connectivity index is 1.50. The largest absolute Gasteiger partial charge is 0.478 e. The van der Waals surface area contributed by atoms with Crippen LogP contribution in [0.3, 0.4) is 0 Å². The van der Waals surface area contributed by atoms with Crippen molar-refractivity contribution in [1.82, 2.24) is 15.1 Å². The van der Waals surface area contributed by atoms with Crippen molar-refractivity contribution < 1.29 is 37.5 Å². The Morgan fingerprint density at radius 3 is 2.17 bits per heavy atom. The number of carbonyl (C=O) groups is 4. The summed E-state index contributed by atoms with van der Waals surface area (Å²) in [5, 5.41) is 11.9. The topological polar surface area (TPSA) is 110 Å². The fourth-order valence-electron chi connectivity index (χ4n) is 5.59. The molecule has 2 fully saturated rings. The number of aryl methyl sites for hydroxylation is 1. The molecule has 0 bridgehead atoms. The van der Waals surface area contributed by atoms with Crippen LogP contribution in [0.25, 0.3) is 0 Å². The Morgan fingerprint density at radius 2 is 1.63 bits per heavy atom. The van der Waals surface area contributed by atoms with E-state index in [1.807, 2.05) is 0 Å².